The van der Waals surface area contributed by atoms with Crippen LogP contribution in [-0.4, -0.2) is 20.7 Å². The van der Waals surface area contributed by atoms with E-state index in [0.29, 0.717) is 6.07 Å². The fraction of sp³-hybridized carbons (Fsp3) is 0. The van der Waals surface area contributed by atoms with Crippen molar-refractivity contribution in [1.29, 1.82) is 0 Å². The minimum Gasteiger partial charge on any atom is -0.383 e. The molecule has 8 heteroatoms. The lowest BCUT2D eigenvalue weighted by atomic mass is 10.3. The van der Waals surface area contributed by atoms with Crippen LogP contribution >= 0.6 is 0 Å². The maximum Gasteiger partial charge on any atom is 0.254 e. The Bertz CT molecular complexity index is 595. The number of nitrogens with two attached hydrogens (primary N) is 2. The van der Waals surface area contributed by atoms with Gasteiger partial charge in [0, 0.05) is 6.07 Å². The number of primary amides is 1. The van der Waals surface area contributed by atoms with E-state index < -0.39 is 17.5 Å². The number of halogens is 2. The lowest BCUT2D eigenvalue weighted by Crippen LogP contribution is -2.14. The number of pyridine rings is 1. The molecule has 0 saturated heterocycles. The first-order chi connectivity index (χ1) is 8.00. The Balaban J connectivity index is 2.57. The lowest BCUT2D eigenvalue weighted by Gasteiger charge is -2.04. The molecule has 0 aromatic carbocycles. The molecule has 1 amide bonds. The monoisotopic (exact) mass is 239 g/mol. The van der Waals surface area contributed by atoms with Crippen LogP contribution in [0.3, 0.4) is 0 Å². The van der Waals surface area contributed by atoms with Gasteiger partial charge in [0.05, 0.1) is 12.4 Å². The van der Waals surface area contributed by atoms with Gasteiger partial charge in [0.25, 0.3) is 5.91 Å². The van der Waals surface area contributed by atoms with Gasteiger partial charge < -0.3 is 11.5 Å². The molecule has 0 radical (unpaired) electrons. The zero-order chi connectivity index (χ0) is 12.6. The third-order valence-electron chi connectivity index (χ3n) is 2.06. The zero-order valence-electron chi connectivity index (χ0n) is 8.39. The van der Waals surface area contributed by atoms with Crippen LogP contribution in [0.25, 0.3) is 5.82 Å². The van der Waals surface area contributed by atoms with Crippen LogP contribution < -0.4 is 11.5 Å². The van der Waals surface area contributed by atoms with Crippen LogP contribution in [0.5, 0.6) is 0 Å². The largest absolute Gasteiger partial charge is 0.383 e. The fourth-order valence-corrected chi connectivity index (χ4v) is 1.28. The van der Waals surface area contributed by atoms with Crippen LogP contribution in [0.2, 0.25) is 0 Å². The highest BCUT2D eigenvalue weighted by molar-refractivity contribution is 5.97. The number of amides is 1. The number of hydrogen-bond donors (Lipinski definition) is 2. The third kappa shape index (κ3) is 1.80. The molecule has 17 heavy (non-hydrogen) atoms. The van der Waals surface area contributed by atoms with E-state index in [1.165, 1.54) is 0 Å². The molecule has 0 atom stereocenters. The quantitative estimate of drug-likeness (QED) is 0.783. The number of nitrogens with zero attached hydrogens (tertiary/aromatic N) is 3. The van der Waals surface area contributed by atoms with Crippen LogP contribution in [0.15, 0.2) is 18.5 Å². The standard InChI is InChI=1S/C9H7F2N5O/c10-4-1-6(11)9(14-2-4)16-7(12)5(3-15-16)8(13)17/h1-3H,12H2,(H2,13,17). The van der Waals surface area contributed by atoms with Gasteiger partial charge in [0.1, 0.15) is 17.2 Å². The second-order valence-corrected chi connectivity index (χ2v) is 3.18. The highest BCUT2D eigenvalue weighted by Crippen LogP contribution is 2.17. The van der Waals surface area contributed by atoms with E-state index in [0.717, 1.165) is 17.1 Å². The van der Waals surface area contributed by atoms with E-state index >= 15 is 0 Å². The Hall–Kier alpha value is -2.51. The second kappa shape index (κ2) is 3.81. The number of rotatable bonds is 2. The predicted octanol–water partition coefficient (Wildman–Crippen LogP) is 0.227. The summed E-state index contributed by atoms with van der Waals surface area (Å²) < 4.78 is 26.9. The number of nitrogen functional groups attached to an aromatic ring is 1. The van der Waals surface area contributed by atoms with Gasteiger partial charge in [-0.15, -0.1) is 0 Å². The molecule has 0 unspecified atom stereocenters. The van der Waals surface area contributed by atoms with Gasteiger partial charge in [0.2, 0.25) is 0 Å². The average molecular weight is 239 g/mol. The Morgan fingerprint density at radius 1 is 1.35 bits per heavy atom. The van der Waals surface area contributed by atoms with E-state index in [4.69, 9.17) is 11.5 Å². The van der Waals surface area contributed by atoms with E-state index in [2.05, 4.69) is 10.1 Å². The molecule has 4 N–H and O–H groups in total. The molecule has 2 aromatic rings. The van der Waals surface area contributed by atoms with Crippen molar-refractivity contribution in [2.75, 3.05) is 5.73 Å². The van der Waals surface area contributed by atoms with Crippen molar-refractivity contribution in [2.45, 2.75) is 0 Å². The van der Waals surface area contributed by atoms with Crippen molar-refractivity contribution in [3.8, 4) is 5.82 Å². The maximum atomic E-state index is 13.4. The number of anilines is 1. The van der Waals surface area contributed by atoms with E-state index in [9.17, 15) is 13.6 Å². The summed E-state index contributed by atoms with van der Waals surface area (Å²) in [5, 5.41) is 3.66. The Labute approximate surface area is 93.9 Å². The molecule has 6 nitrogen and oxygen atoms in total. The van der Waals surface area contributed by atoms with Gasteiger partial charge in [-0.25, -0.2) is 13.8 Å². The molecule has 0 spiro atoms. The van der Waals surface area contributed by atoms with Crippen molar-refractivity contribution in [3.63, 3.8) is 0 Å². The topological polar surface area (TPSA) is 99.8 Å². The van der Waals surface area contributed by atoms with Gasteiger partial charge in [-0.05, 0) is 0 Å². The predicted molar refractivity (Wildman–Crippen MR) is 54.2 cm³/mol. The maximum absolute atomic E-state index is 13.4. The Morgan fingerprint density at radius 2 is 2.06 bits per heavy atom. The summed E-state index contributed by atoms with van der Waals surface area (Å²) >= 11 is 0. The molecule has 0 fully saturated rings. The molecule has 0 bridgehead atoms. The fourth-order valence-electron chi connectivity index (χ4n) is 1.28. The summed E-state index contributed by atoms with van der Waals surface area (Å²) in [6.45, 7) is 0. The molecule has 2 heterocycles. The zero-order valence-corrected chi connectivity index (χ0v) is 8.39. The number of carbonyl (C=O) groups is 1. The molecule has 88 valence electrons. The van der Waals surface area contributed by atoms with Crippen LogP contribution in [0.1, 0.15) is 10.4 Å². The normalized spacial score (nSPS) is 10.5. The van der Waals surface area contributed by atoms with Gasteiger partial charge in [-0.1, -0.05) is 0 Å². The lowest BCUT2D eigenvalue weighted by molar-refractivity contribution is 0.100. The van der Waals surface area contributed by atoms with Crippen LogP contribution in [0.4, 0.5) is 14.6 Å². The van der Waals surface area contributed by atoms with Crippen molar-refractivity contribution in [1.82, 2.24) is 14.8 Å². The summed E-state index contributed by atoms with van der Waals surface area (Å²) in [4.78, 5) is 14.4. The minimum atomic E-state index is -0.948. The molecule has 0 aliphatic carbocycles. The van der Waals surface area contributed by atoms with E-state index in [1.807, 2.05) is 0 Å². The van der Waals surface area contributed by atoms with Crippen LogP contribution in [-0.2, 0) is 0 Å². The van der Waals surface area contributed by atoms with Crippen molar-refractivity contribution in [2.24, 2.45) is 5.73 Å². The summed E-state index contributed by atoms with van der Waals surface area (Å²) in [5.41, 5.74) is 10.5. The Kier molecular flexibility index (Phi) is 2.47. The summed E-state index contributed by atoms with van der Waals surface area (Å²) in [7, 11) is 0. The Morgan fingerprint density at radius 3 is 2.59 bits per heavy atom. The summed E-state index contributed by atoms with van der Waals surface area (Å²) in [5.74, 6) is -3.04. The molecule has 0 aliphatic rings. The van der Waals surface area contributed by atoms with Crippen molar-refractivity contribution < 1.29 is 13.6 Å². The molecular formula is C9H7F2N5O. The number of hydrogen-bond acceptors (Lipinski definition) is 4. The van der Waals surface area contributed by atoms with Crippen LogP contribution in [0, 0.1) is 11.6 Å². The summed E-state index contributed by atoms with van der Waals surface area (Å²) in [6.07, 6.45) is 1.89. The molecular weight excluding hydrogens is 232 g/mol. The summed E-state index contributed by atoms with van der Waals surface area (Å²) in [6, 6.07) is 0.632. The van der Waals surface area contributed by atoms with Crippen molar-refractivity contribution >= 4 is 11.7 Å². The molecule has 2 rings (SSSR count). The average Bonchev–Trinajstić information content (AvgIpc) is 2.60. The molecule has 2 aromatic heterocycles. The van der Waals surface area contributed by atoms with E-state index in [-0.39, 0.29) is 17.2 Å². The van der Waals surface area contributed by atoms with Gasteiger partial charge in [-0.2, -0.15) is 9.78 Å². The molecule has 0 saturated carbocycles. The van der Waals surface area contributed by atoms with Gasteiger partial charge >= 0.3 is 0 Å². The second-order valence-electron chi connectivity index (χ2n) is 3.18. The van der Waals surface area contributed by atoms with Gasteiger partial charge in [-0.3, -0.25) is 4.79 Å². The van der Waals surface area contributed by atoms with Gasteiger partial charge in [0.15, 0.2) is 11.6 Å². The SMILES string of the molecule is NC(=O)c1cnn(-c2ncc(F)cc2F)c1N. The highest BCUT2D eigenvalue weighted by atomic mass is 19.1. The first kappa shape index (κ1) is 11.0. The number of aromatic nitrogens is 3. The molecule has 0 aliphatic heterocycles. The van der Waals surface area contributed by atoms with E-state index in [1.54, 1.807) is 0 Å². The minimum absolute atomic E-state index is 0.0597. The smallest absolute Gasteiger partial charge is 0.254 e. The first-order valence-corrected chi connectivity index (χ1v) is 4.45. The first-order valence-electron chi connectivity index (χ1n) is 4.45. The number of carbonyl (C=O) groups excluding carboxylic acids is 1. The highest BCUT2D eigenvalue weighted by Gasteiger charge is 2.17. The third-order valence-corrected chi connectivity index (χ3v) is 2.06. The van der Waals surface area contributed by atoms with Crippen molar-refractivity contribution in [3.05, 3.63) is 35.7 Å².